The van der Waals surface area contributed by atoms with Crippen molar-refractivity contribution < 1.29 is 14.3 Å². The van der Waals surface area contributed by atoms with E-state index in [-0.39, 0.29) is 5.91 Å². The number of benzene rings is 1. The fourth-order valence-electron chi connectivity index (χ4n) is 2.09. The zero-order valence-electron chi connectivity index (χ0n) is 11.5. The molecule has 0 bridgehead atoms. The van der Waals surface area contributed by atoms with Gasteiger partial charge in [0, 0.05) is 19.0 Å². The molecule has 0 unspecified atom stereocenters. The normalized spacial score (nSPS) is 14.4. The number of rotatable bonds is 6. The second kappa shape index (κ2) is 7.45. The van der Waals surface area contributed by atoms with E-state index < -0.39 is 0 Å². The number of carbonyl (C=O) groups is 1. The van der Waals surface area contributed by atoms with E-state index in [0.29, 0.717) is 24.5 Å². The number of nitrogens with zero attached hydrogens (tertiary/aromatic N) is 1. The molecular formula is C15H18BrNO3. The molecule has 0 saturated heterocycles. The zero-order chi connectivity index (χ0) is 14.4. The number of carbonyl (C=O) groups excluding carboxylic acids is 1. The summed E-state index contributed by atoms with van der Waals surface area (Å²) in [4.78, 5) is 14.4. The number of fused-ring (bicyclic) bond motifs is 1. The van der Waals surface area contributed by atoms with Gasteiger partial charge in [-0.15, -0.1) is 0 Å². The first-order valence-corrected chi connectivity index (χ1v) is 7.71. The van der Waals surface area contributed by atoms with Crippen LogP contribution in [0.1, 0.15) is 23.2 Å². The molecule has 1 amide bonds. The van der Waals surface area contributed by atoms with Crippen molar-refractivity contribution in [1.82, 2.24) is 4.90 Å². The number of hydrogen-bond donors (Lipinski definition) is 0. The minimum Gasteiger partial charge on any atom is -0.462 e. The lowest BCUT2D eigenvalue weighted by Crippen LogP contribution is -2.32. The Labute approximate surface area is 127 Å². The maximum absolute atomic E-state index is 12.7. The molecule has 108 valence electrons. The minimum atomic E-state index is -0.0315. The van der Waals surface area contributed by atoms with E-state index in [1.807, 2.05) is 12.1 Å². The number of amides is 1. The SMILES string of the molecule is COCC1=COc2ccccc2C(=O)N1CCCCBr. The Morgan fingerprint density at radius 3 is 2.85 bits per heavy atom. The van der Waals surface area contributed by atoms with Gasteiger partial charge in [-0.25, -0.2) is 0 Å². The Morgan fingerprint density at radius 2 is 2.10 bits per heavy atom. The molecule has 1 aliphatic heterocycles. The highest BCUT2D eigenvalue weighted by Crippen LogP contribution is 2.26. The molecule has 2 rings (SSSR count). The first-order valence-electron chi connectivity index (χ1n) is 6.59. The molecule has 0 spiro atoms. The third kappa shape index (κ3) is 3.41. The van der Waals surface area contributed by atoms with Crippen molar-refractivity contribution in [2.45, 2.75) is 12.8 Å². The van der Waals surface area contributed by atoms with Crippen molar-refractivity contribution in [2.24, 2.45) is 0 Å². The molecule has 0 aromatic heterocycles. The van der Waals surface area contributed by atoms with Gasteiger partial charge < -0.3 is 14.4 Å². The maximum atomic E-state index is 12.7. The van der Waals surface area contributed by atoms with Gasteiger partial charge in [-0.1, -0.05) is 28.1 Å². The lowest BCUT2D eigenvalue weighted by Gasteiger charge is -2.23. The second-order valence-corrected chi connectivity index (χ2v) is 5.30. The van der Waals surface area contributed by atoms with Gasteiger partial charge in [-0.05, 0) is 25.0 Å². The number of alkyl halides is 1. The summed E-state index contributed by atoms with van der Waals surface area (Å²) in [6.45, 7) is 1.02. The van der Waals surface area contributed by atoms with Crippen molar-refractivity contribution in [2.75, 3.05) is 25.6 Å². The number of ether oxygens (including phenoxy) is 2. The average Bonchev–Trinajstić information content (AvgIpc) is 2.60. The van der Waals surface area contributed by atoms with Crippen molar-refractivity contribution in [3.8, 4) is 5.75 Å². The third-order valence-electron chi connectivity index (χ3n) is 3.09. The summed E-state index contributed by atoms with van der Waals surface area (Å²) >= 11 is 3.41. The van der Waals surface area contributed by atoms with Crippen LogP contribution in [0, 0.1) is 0 Å². The number of unbranched alkanes of at least 4 members (excludes halogenated alkanes) is 1. The van der Waals surface area contributed by atoms with Crippen LogP contribution < -0.4 is 4.74 Å². The molecule has 0 N–H and O–H groups in total. The molecule has 0 atom stereocenters. The van der Waals surface area contributed by atoms with Gasteiger partial charge in [0.15, 0.2) is 0 Å². The van der Waals surface area contributed by atoms with E-state index in [1.165, 1.54) is 0 Å². The highest BCUT2D eigenvalue weighted by molar-refractivity contribution is 9.09. The van der Waals surface area contributed by atoms with Crippen LogP contribution in [0.15, 0.2) is 36.2 Å². The van der Waals surface area contributed by atoms with Gasteiger partial charge in [-0.3, -0.25) is 4.79 Å². The number of halogens is 1. The summed E-state index contributed by atoms with van der Waals surface area (Å²) in [5, 5.41) is 0.936. The standard InChI is InChI=1S/C15H18BrNO3/c1-19-10-12-11-20-14-7-3-2-6-13(14)15(18)17(12)9-5-4-8-16/h2-3,6-7,11H,4-5,8-10H2,1H3. The Hall–Kier alpha value is -1.33. The molecule has 5 heteroatoms. The second-order valence-electron chi connectivity index (χ2n) is 4.51. The Kier molecular flexibility index (Phi) is 5.61. The molecule has 1 heterocycles. The van der Waals surface area contributed by atoms with E-state index in [0.717, 1.165) is 23.9 Å². The van der Waals surface area contributed by atoms with E-state index in [4.69, 9.17) is 9.47 Å². The van der Waals surface area contributed by atoms with Crippen molar-refractivity contribution >= 4 is 21.8 Å². The summed E-state index contributed by atoms with van der Waals surface area (Å²) in [6, 6.07) is 7.30. The van der Waals surface area contributed by atoms with Crippen LogP contribution in [0.25, 0.3) is 0 Å². The fourth-order valence-corrected chi connectivity index (χ4v) is 2.48. The van der Waals surface area contributed by atoms with E-state index in [1.54, 1.807) is 30.4 Å². The van der Waals surface area contributed by atoms with Crippen molar-refractivity contribution in [3.05, 3.63) is 41.8 Å². The molecule has 0 fully saturated rings. The topological polar surface area (TPSA) is 38.8 Å². The monoisotopic (exact) mass is 339 g/mol. The highest BCUT2D eigenvalue weighted by Gasteiger charge is 2.25. The minimum absolute atomic E-state index is 0.0315. The predicted molar refractivity (Wildman–Crippen MR) is 81.1 cm³/mol. The summed E-state index contributed by atoms with van der Waals surface area (Å²) in [7, 11) is 1.61. The lowest BCUT2D eigenvalue weighted by molar-refractivity contribution is 0.0773. The van der Waals surface area contributed by atoms with Crippen LogP contribution in [0.4, 0.5) is 0 Å². The molecule has 20 heavy (non-hydrogen) atoms. The van der Waals surface area contributed by atoms with Crippen LogP contribution in [-0.4, -0.2) is 36.4 Å². The third-order valence-corrected chi connectivity index (χ3v) is 3.65. The first kappa shape index (κ1) is 15.1. The van der Waals surface area contributed by atoms with Gasteiger partial charge in [0.05, 0.1) is 17.9 Å². The lowest BCUT2D eigenvalue weighted by atomic mass is 10.1. The number of para-hydroxylation sites is 1. The molecule has 0 saturated carbocycles. The van der Waals surface area contributed by atoms with Crippen LogP contribution in [0.3, 0.4) is 0 Å². The molecule has 4 nitrogen and oxygen atoms in total. The summed E-state index contributed by atoms with van der Waals surface area (Å²) < 4.78 is 10.8. The fraction of sp³-hybridized carbons (Fsp3) is 0.400. The molecule has 0 aliphatic carbocycles. The Balaban J connectivity index is 2.26. The Morgan fingerprint density at radius 1 is 1.30 bits per heavy atom. The van der Waals surface area contributed by atoms with Gasteiger partial charge >= 0.3 is 0 Å². The van der Waals surface area contributed by atoms with Gasteiger partial charge in [0.2, 0.25) is 0 Å². The van der Waals surface area contributed by atoms with E-state index in [9.17, 15) is 4.79 Å². The number of methoxy groups -OCH3 is 1. The first-order chi connectivity index (χ1) is 9.77. The molecule has 0 radical (unpaired) electrons. The largest absolute Gasteiger partial charge is 0.462 e. The maximum Gasteiger partial charge on any atom is 0.261 e. The van der Waals surface area contributed by atoms with Gasteiger partial charge in [-0.2, -0.15) is 0 Å². The molecular weight excluding hydrogens is 322 g/mol. The van der Waals surface area contributed by atoms with Gasteiger partial charge in [0.25, 0.3) is 5.91 Å². The van der Waals surface area contributed by atoms with Crippen LogP contribution in [-0.2, 0) is 4.74 Å². The van der Waals surface area contributed by atoms with Gasteiger partial charge in [0.1, 0.15) is 12.0 Å². The number of hydrogen-bond acceptors (Lipinski definition) is 3. The quantitative estimate of drug-likeness (QED) is 0.590. The van der Waals surface area contributed by atoms with Crippen LogP contribution in [0.2, 0.25) is 0 Å². The summed E-state index contributed by atoms with van der Waals surface area (Å²) in [5.41, 5.74) is 1.34. The molecule has 1 aromatic rings. The van der Waals surface area contributed by atoms with E-state index >= 15 is 0 Å². The zero-order valence-corrected chi connectivity index (χ0v) is 13.1. The van der Waals surface area contributed by atoms with Crippen LogP contribution >= 0.6 is 15.9 Å². The van der Waals surface area contributed by atoms with Crippen LogP contribution in [0.5, 0.6) is 5.75 Å². The predicted octanol–water partition coefficient (Wildman–Crippen LogP) is 3.18. The Bertz CT molecular complexity index is 502. The van der Waals surface area contributed by atoms with E-state index in [2.05, 4.69) is 15.9 Å². The van der Waals surface area contributed by atoms with Crippen molar-refractivity contribution in [3.63, 3.8) is 0 Å². The molecule has 1 aromatic carbocycles. The average molecular weight is 340 g/mol. The summed E-state index contributed by atoms with van der Waals surface area (Å²) in [6.07, 6.45) is 3.56. The summed E-state index contributed by atoms with van der Waals surface area (Å²) in [5.74, 6) is 0.560. The van der Waals surface area contributed by atoms with Crippen molar-refractivity contribution in [1.29, 1.82) is 0 Å². The smallest absolute Gasteiger partial charge is 0.261 e. The molecule has 1 aliphatic rings. The highest BCUT2D eigenvalue weighted by atomic mass is 79.9.